The predicted octanol–water partition coefficient (Wildman–Crippen LogP) is 5.89. The Bertz CT molecular complexity index is 408. The molecule has 2 heteroatoms. The van der Waals surface area contributed by atoms with Gasteiger partial charge in [0.25, 0.3) is 0 Å². The molecule has 0 N–H and O–H groups in total. The molecule has 0 bridgehead atoms. The highest BCUT2D eigenvalue weighted by Crippen LogP contribution is 2.68. The fourth-order valence-electron chi connectivity index (χ4n) is 4.53. The summed E-state index contributed by atoms with van der Waals surface area (Å²) in [4.78, 5) is 13.1. The summed E-state index contributed by atoms with van der Waals surface area (Å²) < 4.78 is 6.28. The van der Waals surface area contributed by atoms with Crippen LogP contribution < -0.4 is 0 Å². The molecule has 0 heterocycles. The maximum absolute atomic E-state index is 13.1. The molecule has 0 aromatic carbocycles. The van der Waals surface area contributed by atoms with E-state index in [-0.39, 0.29) is 27.8 Å². The molecule has 22 heavy (non-hydrogen) atoms. The van der Waals surface area contributed by atoms with E-state index in [0.717, 1.165) is 32.1 Å². The zero-order valence-corrected chi connectivity index (χ0v) is 15.7. The van der Waals surface area contributed by atoms with Crippen molar-refractivity contribution in [3.8, 4) is 0 Å². The third kappa shape index (κ3) is 3.51. The summed E-state index contributed by atoms with van der Waals surface area (Å²) in [5, 5.41) is 0. The summed E-state index contributed by atoms with van der Waals surface area (Å²) in [5.41, 5.74) is -0.177. The van der Waals surface area contributed by atoms with Gasteiger partial charge in [-0.15, -0.1) is 0 Å². The zero-order chi connectivity index (χ0) is 16.6. The van der Waals surface area contributed by atoms with E-state index in [1.807, 2.05) is 0 Å². The summed E-state index contributed by atoms with van der Waals surface area (Å²) in [6.07, 6.45) is 9.98. The average Bonchev–Trinajstić information content (AvgIpc) is 3.01. The van der Waals surface area contributed by atoms with E-state index in [1.165, 1.54) is 25.7 Å². The van der Waals surface area contributed by atoms with Crippen LogP contribution in [0.1, 0.15) is 99.3 Å². The number of rotatable bonds is 4. The van der Waals surface area contributed by atoms with Gasteiger partial charge in [0.15, 0.2) is 0 Å². The van der Waals surface area contributed by atoms with E-state index in [9.17, 15) is 4.79 Å². The van der Waals surface area contributed by atoms with Gasteiger partial charge in [-0.25, -0.2) is 0 Å². The van der Waals surface area contributed by atoms with Gasteiger partial charge in [-0.05, 0) is 55.8 Å². The number of carbonyl (C=O) groups excluding carboxylic acids is 1. The molecule has 0 spiro atoms. The summed E-state index contributed by atoms with van der Waals surface area (Å²) >= 11 is 0. The fraction of sp³-hybridized carbons (Fsp3) is 0.950. The van der Waals surface area contributed by atoms with Crippen LogP contribution in [-0.4, -0.2) is 11.6 Å². The molecule has 1 unspecified atom stereocenters. The molecule has 2 rings (SSSR count). The quantitative estimate of drug-likeness (QED) is 0.478. The van der Waals surface area contributed by atoms with Crippen molar-refractivity contribution in [2.75, 3.05) is 0 Å². The molecule has 0 aromatic rings. The van der Waals surface area contributed by atoms with Gasteiger partial charge in [-0.3, -0.25) is 4.79 Å². The number of carbonyl (C=O) groups is 1. The minimum atomic E-state index is -0.250. The average molecular weight is 309 g/mol. The van der Waals surface area contributed by atoms with Crippen LogP contribution in [0, 0.1) is 16.2 Å². The van der Waals surface area contributed by atoms with E-state index in [0.29, 0.717) is 0 Å². The van der Waals surface area contributed by atoms with E-state index in [4.69, 9.17) is 4.74 Å². The van der Waals surface area contributed by atoms with Crippen molar-refractivity contribution in [2.24, 2.45) is 16.2 Å². The van der Waals surface area contributed by atoms with Gasteiger partial charge in [-0.1, -0.05) is 54.4 Å². The van der Waals surface area contributed by atoms with Crippen LogP contribution in [0.5, 0.6) is 0 Å². The molecule has 0 radical (unpaired) electrons. The van der Waals surface area contributed by atoms with Crippen molar-refractivity contribution in [3.05, 3.63) is 0 Å². The minimum absolute atomic E-state index is 0.0937. The SMILES string of the molecule is CCC1(OC(=O)C2(CC(C)(C)C)CC2(C)C)CCCCCC1. The zero-order valence-electron chi connectivity index (χ0n) is 15.7. The molecule has 2 saturated carbocycles. The summed E-state index contributed by atoms with van der Waals surface area (Å²) in [7, 11) is 0. The Morgan fingerprint density at radius 1 is 1.05 bits per heavy atom. The smallest absolute Gasteiger partial charge is 0.313 e. The highest BCUT2D eigenvalue weighted by atomic mass is 16.6. The van der Waals surface area contributed by atoms with Gasteiger partial charge < -0.3 is 4.74 Å². The molecule has 0 saturated heterocycles. The molecule has 128 valence electrons. The van der Waals surface area contributed by atoms with Gasteiger partial charge in [-0.2, -0.15) is 0 Å². The van der Waals surface area contributed by atoms with Crippen LogP contribution in [-0.2, 0) is 9.53 Å². The lowest BCUT2D eigenvalue weighted by molar-refractivity contribution is -0.172. The highest BCUT2D eigenvalue weighted by molar-refractivity contribution is 5.82. The first-order valence-electron chi connectivity index (χ1n) is 9.29. The lowest BCUT2D eigenvalue weighted by atomic mass is 9.78. The van der Waals surface area contributed by atoms with Crippen LogP contribution in [0.2, 0.25) is 0 Å². The molecule has 2 fully saturated rings. The Morgan fingerprint density at radius 2 is 1.55 bits per heavy atom. The van der Waals surface area contributed by atoms with Crippen LogP contribution in [0.25, 0.3) is 0 Å². The largest absolute Gasteiger partial charge is 0.459 e. The van der Waals surface area contributed by atoms with Gasteiger partial charge in [0.2, 0.25) is 0 Å². The predicted molar refractivity (Wildman–Crippen MR) is 91.7 cm³/mol. The first-order chi connectivity index (χ1) is 10.1. The third-order valence-electron chi connectivity index (χ3n) is 6.11. The number of esters is 1. The standard InChI is InChI=1S/C20H36O2/c1-7-19(12-10-8-9-11-13-19)22-16(21)20(14-17(2,3)4)15-18(20,5)6/h7-15H2,1-6H3. The molecule has 2 aliphatic rings. The van der Waals surface area contributed by atoms with Crippen LogP contribution in [0.4, 0.5) is 0 Å². The Hall–Kier alpha value is -0.530. The summed E-state index contributed by atoms with van der Waals surface area (Å²) in [6.45, 7) is 13.3. The fourth-order valence-corrected chi connectivity index (χ4v) is 4.53. The maximum atomic E-state index is 13.1. The van der Waals surface area contributed by atoms with Crippen LogP contribution >= 0.6 is 0 Å². The first-order valence-corrected chi connectivity index (χ1v) is 9.29. The lowest BCUT2D eigenvalue weighted by Crippen LogP contribution is -2.39. The third-order valence-corrected chi connectivity index (χ3v) is 6.11. The Labute approximate surface area is 137 Å². The number of hydrogen-bond acceptors (Lipinski definition) is 2. The van der Waals surface area contributed by atoms with E-state index in [2.05, 4.69) is 41.5 Å². The second kappa shape index (κ2) is 5.83. The molecule has 2 aliphatic carbocycles. The van der Waals surface area contributed by atoms with Gasteiger partial charge in [0.05, 0.1) is 5.41 Å². The monoisotopic (exact) mass is 308 g/mol. The van der Waals surface area contributed by atoms with Crippen LogP contribution in [0.15, 0.2) is 0 Å². The second-order valence-corrected chi connectivity index (χ2v) is 9.72. The molecule has 1 atom stereocenters. The van der Waals surface area contributed by atoms with E-state index < -0.39 is 0 Å². The van der Waals surface area contributed by atoms with Crippen molar-refractivity contribution < 1.29 is 9.53 Å². The lowest BCUT2D eigenvalue weighted by Gasteiger charge is -2.35. The van der Waals surface area contributed by atoms with Crippen molar-refractivity contribution in [3.63, 3.8) is 0 Å². The minimum Gasteiger partial charge on any atom is -0.459 e. The van der Waals surface area contributed by atoms with Crippen LogP contribution in [0.3, 0.4) is 0 Å². The van der Waals surface area contributed by atoms with Gasteiger partial charge >= 0.3 is 5.97 Å². The van der Waals surface area contributed by atoms with Crippen molar-refractivity contribution in [2.45, 2.75) is 105 Å². The Morgan fingerprint density at radius 3 is 1.91 bits per heavy atom. The normalized spacial score (nSPS) is 30.5. The molecular weight excluding hydrogens is 272 g/mol. The molecule has 0 aromatic heterocycles. The van der Waals surface area contributed by atoms with Gasteiger partial charge in [0, 0.05) is 0 Å². The summed E-state index contributed by atoms with van der Waals surface area (Å²) in [5.74, 6) is 0.0937. The van der Waals surface area contributed by atoms with Crippen molar-refractivity contribution in [1.29, 1.82) is 0 Å². The topological polar surface area (TPSA) is 26.3 Å². The Balaban J connectivity index is 2.15. The van der Waals surface area contributed by atoms with E-state index >= 15 is 0 Å². The highest BCUT2D eigenvalue weighted by Gasteiger charge is 2.68. The molecule has 0 aliphatic heterocycles. The number of ether oxygens (including phenoxy) is 1. The second-order valence-electron chi connectivity index (χ2n) is 9.72. The maximum Gasteiger partial charge on any atom is 0.313 e. The van der Waals surface area contributed by atoms with Crippen molar-refractivity contribution >= 4 is 5.97 Å². The molecular formula is C20H36O2. The molecule has 0 amide bonds. The van der Waals surface area contributed by atoms with Crippen molar-refractivity contribution in [1.82, 2.24) is 0 Å². The summed E-state index contributed by atoms with van der Waals surface area (Å²) in [6, 6.07) is 0. The number of hydrogen-bond donors (Lipinski definition) is 0. The first kappa shape index (κ1) is 17.8. The Kier molecular flexibility index (Phi) is 4.73. The van der Waals surface area contributed by atoms with E-state index in [1.54, 1.807) is 0 Å². The van der Waals surface area contributed by atoms with Gasteiger partial charge in [0.1, 0.15) is 5.60 Å². The molecule has 2 nitrogen and oxygen atoms in total.